The predicted molar refractivity (Wildman–Crippen MR) is 95.0 cm³/mol. The quantitative estimate of drug-likeness (QED) is 0.756. The number of aliphatic imine (C=N–C) groups is 1. The van der Waals surface area contributed by atoms with E-state index in [1.807, 2.05) is 0 Å². The summed E-state index contributed by atoms with van der Waals surface area (Å²) < 4.78 is 63.1. The van der Waals surface area contributed by atoms with Gasteiger partial charge in [-0.05, 0) is 18.2 Å². The summed E-state index contributed by atoms with van der Waals surface area (Å²) in [6.45, 7) is 3.35. The molecule has 5 nitrogen and oxygen atoms in total. The van der Waals surface area contributed by atoms with Crippen LogP contribution in [0.1, 0.15) is 19.4 Å². The van der Waals surface area contributed by atoms with E-state index in [2.05, 4.69) is 4.99 Å². The molecule has 2 heterocycles. The van der Waals surface area contributed by atoms with Crippen LogP contribution in [0, 0.1) is 5.92 Å². The maximum atomic E-state index is 13.1. The van der Waals surface area contributed by atoms with Crippen LogP contribution in [0.2, 0.25) is 0 Å². The second kappa shape index (κ2) is 6.56. The van der Waals surface area contributed by atoms with Crippen molar-refractivity contribution in [2.75, 3.05) is 16.4 Å². The Kier molecular flexibility index (Phi) is 4.85. The summed E-state index contributed by atoms with van der Waals surface area (Å²) in [6, 6.07) is 4.11. The Morgan fingerprint density at radius 2 is 2.00 bits per heavy atom. The molecule has 26 heavy (non-hydrogen) atoms. The van der Waals surface area contributed by atoms with Gasteiger partial charge in [0.1, 0.15) is 0 Å². The molecule has 2 atom stereocenters. The fraction of sp³-hybridized carbons (Fsp3) is 0.500. The number of benzene rings is 1. The van der Waals surface area contributed by atoms with Gasteiger partial charge in [-0.2, -0.15) is 18.2 Å². The summed E-state index contributed by atoms with van der Waals surface area (Å²) in [5.74, 6) is -1.01. The molecule has 1 amide bonds. The average Bonchev–Trinajstić information content (AvgIpc) is 2.97. The van der Waals surface area contributed by atoms with Gasteiger partial charge in [-0.25, -0.2) is 8.42 Å². The topological polar surface area (TPSA) is 66.8 Å². The van der Waals surface area contributed by atoms with Gasteiger partial charge in [0.05, 0.1) is 23.1 Å². The van der Waals surface area contributed by atoms with E-state index in [1.54, 1.807) is 13.8 Å². The summed E-state index contributed by atoms with van der Waals surface area (Å²) >= 11 is 1.14. The van der Waals surface area contributed by atoms with Crippen molar-refractivity contribution in [3.8, 4) is 0 Å². The van der Waals surface area contributed by atoms with Crippen LogP contribution in [0.4, 0.5) is 18.9 Å². The number of hydrogen-bond donors (Lipinski definition) is 0. The lowest BCUT2D eigenvalue weighted by atomic mass is 10.1. The lowest BCUT2D eigenvalue weighted by Crippen LogP contribution is -2.38. The predicted octanol–water partition coefficient (Wildman–Crippen LogP) is 2.96. The zero-order valence-electron chi connectivity index (χ0n) is 14.0. The van der Waals surface area contributed by atoms with Crippen LogP contribution < -0.4 is 4.90 Å². The molecule has 3 rings (SSSR count). The monoisotopic (exact) mass is 406 g/mol. The van der Waals surface area contributed by atoms with Crippen molar-refractivity contribution in [2.45, 2.75) is 31.3 Å². The highest BCUT2D eigenvalue weighted by atomic mass is 32.2. The van der Waals surface area contributed by atoms with Crippen molar-refractivity contribution < 1.29 is 26.4 Å². The van der Waals surface area contributed by atoms with E-state index in [1.165, 1.54) is 17.0 Å². The van der Waals surface area contributed by atoms with Gasteiger partial charge in [-0.1, -0.05) is 31.7 Å². The molecular weight excluding hydrogens is 389 g/mol. The molecule has 1 aromatic carbocycles. The molecule has 2 fully saturated rings. The Hall–Kier alpha value is -1.55. The van der Waals surface area contributed by atoms with Crippen molar-refractivity contribution in [3.63, 3.8) is 0 Å². The van der Waals surface area contributed by atoms with Crippen LogP contribution in [0.3, 0.4) is 0 Å². The van der Waals surface area contributed by atoms with Gasteiger partial charge >= 0.3 is 6.18 Å². The fourth-order valence-corrected chi connectivity index (χ4v) is 6.84. The normalized spacial score (nSPS) is 26.5. The van der Waals surface area contributed by atoms with Crippen LogP contribution >= 0.6 is 11.8 Å². The van der Waals surface area contributed by atoms with Crippen molar-refractivity contribution in [1.82, 2.24) is 0 Å². The van der Waals surface area contributed by atoms with E-state index in [4.69, 9.17) is 0 Å². The molecule has 0 aromatic heterocycles. The average molecular weight is 406 g/mol. The molecule has 2 saturated heterocycles. The molecule has 0 spiro atoms. The molecule has 0 saturated carbocycles. The van der Waals surface area contributed by atoms with E-state index >= 15 is 0 Å². The van der Waals surface area contributed by atoms with Crippen molar-refractivity contribution in [2.24, 2.45) is 10.9 Å². The van der Waals surface area contributed by atoms with Crippen molar-refractivity contribution in [3.05, 3.63) is 29.8 Å². The maximum absolute atomic E-state index is 13.1. The largest absolute Gasteiger partial charge is 0.416 e. The lowest BCUT2D eigenvalue weighted by Gasteiger charge is -2.25. The third-order valence-corrected chi connectivity index (χ3v) is 7.43. The maximum Gasteiger partial charge on any atom is 0.416 e. The Labute approximate surface area is 153 Å². The number of rotatable bonds is 2. The van der Waals surface area contributed by atoms with Gasteiger partial charge in [-0.15, -0.1) is 0 Å². The van der Waals surface area contributed by atoms with E-state index in [9.17, 15) is 26.4 Å². The Morgan fingerprint density at radius 1 is 1.31 bits per heavy atom. The van der Waals surface area contributed by atoms with Gasteiger partial charge in [0.25, 0.3) is 5.91 Å². The molecule has 0 aliphatic carbocycles. The second-order valence-electron chi connectivity index (χ2n) is 6.61. The smallest absolute Gasteiger partial charge is 0.316 e. The zero-order valence-corrected chi connectivity index (χ0v) is 15.7. The number of sulfone groups is 1. The number of carbonyl (C=O) groups is 1. The number of carbonyl (C=O) groups excluding carboxylic acids is 1. The third kappa shape index (κ3) is 3.75. The Morgan fingerprint density at radius 3 is 2.62 bits per heavy atom. The number of hydrogen-bond acceptors (Lipinski definition) is 4. The van der Waals surface area contributed by atoms with Gasteiger partial charge in [-0.3, -0.25) is 4.79 Å². The number of thioether (sulfide) groups is 1. The molecule has 0 unspecified atom stereocenters. The number of halogens is 3. The third-order valence-electron chi connectivity index (χ3n) is 4.22. The highest BCUT2D eigenvalue weighted by Gasteiger charge is 2.49. The van der Waals surface area contributed by atoms with Crippen molar-refractivity contribution in [1.29, 1.82) is 0 Å². The minimum absolute atomic E-state index is 0.0767. The number of alkyl halides is 3. The highest BCUT2D eigenvalue weighted by molar-refractivity contribution is 8.16. The van der Waals surface area contributed by atoms with Gasteiger partial charge in [0, 0.05) is 16.9 Å². The molecule has 2 aliphatic rings. The van der Waals surface area contributed by atoms with Gasteiger partial charge in [0.15, 0.2) is 15.0 Å². The number of anilines is 1. The van der Waals surface area contributed by atoms with Crippen LogP contribution in [0.25, 0.3) is 0 Å². The summed E-state index contributed by atoms with van der Waals surface area (Å²) in [6.07, 6.45) is -4.52. The molecule has 10 heteroatoms. The van der Waals surface area contributed by atoms with Gasteiger partial charge < -0.3 is 4.90 Å². The lowest BCUT2D eigenvalue weighted by molar-refractivity contribution is -0.137. The van der Waals surface area contributed by atoms with E-state index in [0.717, 1.165) is 23.9 Å². The molecule has 0 radical (unpaired) electrons. The standard InChI is InChI=1S/C16H17F3N2O3S2/c1-9(2)14(22)20-15-21(12-7-26(23,24)8-13(12)25-15)11-5-3-4-10(6-11)16(17,18)19/h3-6,9,12-13H,7-8H2,1-2H3/t12-,13-/m0/s1. The van der Waals surface area contributed by atoms with Crippen LogP contribution in [0.5, 0.6) is 0 Å². The molecular formula is C16H17F3N2O3S2. The Balaban J connectivity index is 2.05. The molecule has 1 aromatic rings. The Bertz CT molecular complexity index is 866. The summed E-state index contributed by atoms with van der Waals surface area (Å²) in [7, 11) is -3.28. The van der Waals surface area contributed by atoms with Crippen molar-refractivity contribution >= 4 is 38.4 Å². The number of amidine groups is 1. The minimum Gasteiger partial charge on any atom is -0.316 e. The molecule has 142 valence electrons. The van der Waals surface area contributed by atoms with E-state index in [0.29, 0.717) is 0 Å². The highest BCUT2D eigenvalue weighted by Crippen LogP contribution is 2.42. The van der Waals surface area contributed by atoms with E-state index in [-0.39, 0.29) is 33.5 Å². The minimum atomic E-state index is -4.52. The zero-order chi connectivity index (χ0) is 19.3. The molecule has 0 N–H and O–H groups in total. The second-order valence-corrected chi connectivity index (χ2v) is 9.97. The molecule has 2 aliphatic heterocycles. The summed E-state index contributed by atoms with van der Waals surface area (Å²) in [4.78, 5) is 17.5. The number of nitrogens with zero attached hydrogens (tertiary/aromatic N) is 2. The summed E-state index contributed by atoms with van der Waals surface area (Å²) in [5.41, 5.74) is -0.647. The van der Waals surface area contributed by atoms with Crippen LogP contribution in [-0.2, 0) is 20.8 Å². The van der Waals surface area contributed by atoms with Crippen LogP contribution in [0.15, 0.2) is 29.3 Å². The first kappa shape index (κ1) is 19.2. The summed E-state index contributed by atoms with van der Waals surface area (Å²) in [5, 5.41) is -0.0961. The fourth-order valence-electron chi connectivity index (χ4n) is 2.92. The van der Waals surface area contributed by atoms with Gasteiger partial charge in [0.2, 0.25) is 0 Å². The first-order valence-corrected chi connectivity index (χ1v) is 10.6. The number of amides is 1. The SMILES string of the molecule is CC(C)C(=O)N=C1S[C@H]2CS(=O)(=O)C[C@@H]2N1c1cccc(C(F)(F)F)c1. The first-order chi connectivity index (χ1) is 12.0. The number of fused-ring (bicyclic) bond motifs is 1. The van der Waals surface area contributed by atoms with Crippen LogP contribution in [-0.4, -0.2) is 42.3 Å². The first-order valence-electron chi connectivity index (χ1n) is 7.94. The molecule has 0 bridgehead atoms. The van der Waals surface area contributed by atoms with E-state index < -0.39 is 33.5 Å².